The Hall–Kier alpha value is -0.340. The predicted octanol–water partition coefficient (Wildman–Crippen LogP) is 1.58. The number of hydrogen-bond acceptors (Lipinski definition) is 2. The lowest BCUT2D eigenvalue weighted by Gasteiger charge is -2.07. The standard InChI is InChI=1S/C9H19NO/c1-8(2)7-10-5-6-11-9(3)4/h9-10H,1,5-7H2,2-4H3. The van der Waals surface area contributed by atoms with Crippen molar-refractivity contribution >= 4 is 0 Å². The highest BCUT2D eigenvalue weighted by molar-refractivity contribution is 4.90. The van der Waals surface area contributed by atoms with Gasteiger partial charge in [-0.25, -0.2) is 0 Å². The van der Waals surface area contributed by atoms with Crippen molar-refractivity contribution in [2.75, 3.05) is 19.7 Å². The zero-order valence-electron chi connectivity index (χ0n) is 7.81. The quantitative estimate of drug-likeness (QED) is 0.467. The predicted molar refractivity (Wildman–Crippen MR) is 48.8 cm³/mol. The fourth-order valence-corrected chi connectivity index (χ4v) is 0.669. The van der Waals surface area contributed by atoms with Crippen molar-refractivity contribution in [2.24, 2.45) is 0 Å². The van der Waals surface area contributed by atoms with E-state index in [1.165, 1.54) is 0 Å². The van der Waals surface area contributed by atoms with Crippen LogP contribution in [0.15, 0.2) is 12.2 Å². The first kappa shape index (κ1) is 10.7. The first-order valence-electron chi connectivity index (χ1n) is 4.09. The van der Waals surface area contributed by atoms with Gasteiger partial charge in [-0.2, -0.15) is 0 Å². The fraction of sp³-hybridized carbons (Fsp3) is 0.778. The van der Waals surface area contributed by atoms with Crippen LogP contribution in [0.3, 0.4) is 0 Å². The maximum atomic E-state index is 5.33. The van der Waals surface area contributed by atoms with Crippen LogP contribution in [0, 0.1) is 0 Å². The van der Waals surface area contributed by atoms with E-state index in [1.54, 1.807) is 0 Å². The Morgan fingerprint density at radius 3 is 2.64 bits per heavy atom. The summed E-state index contributed by atoms with van der Waals surface area (Å²) in [7, 11) is 0. The average molecular weight is 157 g/mol. The van der Waals surface area contributed by atoms with Gasteiger partial charge >= 0.3 is 0 Å². The summed E-state index contributed by atoms with van der Waals surface area (Å²) in [4.78, 5) is 0. The summed E-state index contributed by atoms with van der Waals surface area (Å²) in [6, 6.07) is 0. The Bertz CT molecular complexity index is 110. The maximum Gasteiger partial charge on any atom is 0.0594 e. The van der Waals surface area contributed by atoms with Gasteiger partial charge in [-0.1, -0.05) is 12.2 Å². The minimum Gasteiger partial charge on any atom is -0.377 e. The molecule has 0 atom stereocenters. The van der Waals surface area contributed by atoms with Gasteiger partial charge in [0.25, 0.3) is 0 Å². The van der Waals surface area contributed by atoms with E-state index in [-0.39, 0.29) is 0 Å². The van der Waals surface area contributed by atoms with Crippen LogP contribution < -0.4 is 5.32 Å². The minimum atomic E-state index is 0.335. The van der Waals surface area contributed by atoms with Crippen LogP contribution in [0.1, 0.15) is 20.8 Å². The lowest BCUT2D eigenvalue weighted by molar-refractivity contribution is 0.0813. The minimum absolute atomic E-state index is 0.335. The number of hydrogen-bond donors (Lipinski definition) is 1. The molecule has 0 rings (SSSR count). The van der Waals surface area contributed by atoms with Crippen molar-refractivity contribution in [3.8, 4) is 0 Å². The summed E-state index contributed by atoms with van der Waals surface area (Å²) < 4.78 is 5.33. The first-order chi connectivity index (χ1) is 5.13. The molecule has 0 saturated carbocycles. The van der Waals surface area contributed by atoms with E-state index in [0.29, 0.717) is 6.10 Å². The van der Waals surface area contributed by atoms with Gasteiger partial charge < -0.3 is 10.1 Å². The fourth-order valence-electron chi connectivity index (χ4n) is 0.669. The zero-order valence-corrected chi connectivity index (χ0v) is 7.81. The van der Waals surface area contributed by atoms with Crippen LogP contribution in [-0.4, -0.2) is 25.8 Å². The molecule has 0 aliphatic rings. The van der Waals surface area contributed by atoms with Crippen molar-refractivity contribution < 1.29 is 4.74 Å². The molecule has 0 aromatic rings. The largest absolute Gasteiger partial charge is 0.377 e. The van der Waals surface area contributed by atoms with Gasteiger partial charge in [0, 0.05) is 13.1 Å². The first-order valence-corrected chi connectivity index (χ1v) is 4.09. The Morgan fingerprint density at radius 1 is 1.55 bits per heavy atom. The number of nitrogens with one attached hydrogen (secondary N) is 1. The Morgan fingerprint density at radius 2 is 2.18 bits per heavy atom. The van der Waals surface area contributed by atoms with Crippen molar-refractivity contribution in [3.63, 3.8) is 0 Å². The highest BCUT2D eigenvalue weighted by Gasteiger charge is 1.91. The van der Waals surface area contributed by atoms with Gasteiger partial charge in [0.15, 0.2) is 0 Å². The summed E-state index contributed by atoms with van der Waals surface area (Å²) >= 11 is 0. The van der Waals surface area contributed by atoms with Gasteiger partial charge in [0.1, 0.15) is 0 Å². The van der Waals surface area contributed by atoms with Crippen molar-refractivity contribution in [1.82, 2.24) is 5.32 Å². The third kappa shape index (κ3) is 9.66. The molecule has 0 aromatic carbocycles. The molecule has 1 N–H and O–H groups in total. The molecule has 0 radical (unpaired) electrons. The molecule has 66 valence electrons. The summed E-state index contributed by atoms with van der Waals surface area (Å²) in [5.74, 6) is 0. The van der Waals surface area contributed by atoms with E-state index in [1.807, 2.05) is 20.8 Å². The molecule has 0 aliphatic carbocycles. The van der Waals surface area contributed by atoms with Gasteiger partial charge in [-0.3, -0.25) is 0 Å². The molecular formula is C9H19NO. The Kier molecular flexibility index (Phi) is 6.18. The lowest BCUT2D eigenvalue weighted by atomic mass is 10.3. The van der Waals surface area contributed by atoms with Crippen LogP contribution in [0.2, 0.25) is 0 Å². The van der Waals surface area contributed by atoms with Crippen LogP contribution in [0.5, 0.6) is 0 Å². The van der Waals surface area contributed by atoms with E-state index < -0.39 is 0 Å². The molecule has 2 nitrogen and oxygen atoms in total. The van der Waals surface area contributed by atoms with E-state index in [9.17, 15) is 0 Å². The second-order valence-electron chi connectivity index (χ2n) is 3.05. The molecule has 2 heteroatoms. The van der Waals surface area contributed by atoms with Crippen LogP contribution in [-0.2, 0) is 4.74 Å². The van der Waals surface area contributed by atoms with Gasteiger partial charge in [0.2, 0.25) is 0 Å². The van der Waals surface area contributed by atoms with E-state index in [4.69, 9.17) is 4.74 Å². The summed E-state index contributed by atoms with van der Waals surface area (Å²) in [5, 5.41) is 3.22. The third-order valence-corrected chi connectivity index (χ3v) is 1.16. The Labute approximate surface area is 69.6 Å². The van der Waals surface area contributed by atoms with E-state index in [0.717, 1.165) is 25.3 Å². The highest BCUT2D eigenvalue weighted by atomic mass is 16.5. The van der Waals surface area contributed by atoms with Crippen molar-refractivity contribution in [1.29, 1.82) is 0 Å². The van der Waals surface area contributed by atoms with Crippen LogP contribution >= 0.6 is 0 Å². The Balaban J connectivity index is 2.97. The second-order valence-corrected chi connectivity index (χ2v) is 3.05. The van der Waals surface area contributed by atoms with Crippen LogP contribution in [0.4, 0.5) is 0 Å². The van der Waals surface area contributed by atoms with Crippen molar-refractivity contribution in [3.05, 3.63) is 12.2 Å². The average Bonchev–Trinajstić information content (AvgIpc) is 1.85. The molecule has 0 saturated heterocycles. The monoisotopic (exact) mass is 157 g/mol. The summed E-state index contributed by atoms with van der Waals surface area (Å²) in [5.41, 5.74) is 1.16. The molecule has 0 heterocycles. The normalized spacial score (nSPS) is 10.5. The number of ether oxygens (including phenoxy) is 1. The summed E-state index contributed by atoms with van der Waals surface area (Å²) in [6.07, 6.45) is 0.335. The lowest BCUT2D eigenvalue weighted by Crippen LogP contribution is -2.22. The topological polar surface area (TPSA) is 21.3 Å². The molecule has 0 amide bonds. The zero-order chi connectivity index (χ0) is 8.69. The second kappa shape index (κ2) is 6.38. The number of rotatable bonds is 6. The molecule has 0 fully saturated rings. The van der Waals surface area contributed by atoms with Gasteiger partial charge in [-0.05, 0) is 20.8 Å². The molecule has 0 aliphatic heterocycles. The third-order valence-electron chi connectivity index (χ3n) is 1.16. The van der Waals surface area contributed by atoms with Crippen LogP contribution in [0.25, 0.3) is 0 Å². The van der Waals surface area contributed by atoms with E-state index in [2.05, 4.69) is 11.9 Å². The molecule has 0 bridgehead atoms. The molecular weight excluding hydrogens is 138 g/mol. The highest BCUT2D eigenvalue weighted by Crippen LogP contribution is 1.85. The van der Waals surface area contributed by atoms with Gasteiger partial charge in [0.05, 0.1) is 12.7 Å². The molecule has 0 unspecified atom stereocenters. The smallest absolute Gasteiger partial charge is 0.0594 e. The van der Waals surface area contributed by atoms with Gasteiger partial charge in [-0.15, -0.1) is 0 Å². The molecule has 0 aromatic heterocycles. The molecule has 0 spiro atoms. The van der Waals surface area contributed by atoms with E-state index >= 15 is 0 Å². The molecule has 11 heavy (non-hydrogen) atoms. The maximum absolute atomic E-state index is 5.33. The summed E-state index contributed by atoms with van der Waals surface area (Å²) in [6.45, 7) is 12.5. The van der Waals surface area contributed by atoms with Crippen molar-refractivity contribution in [2.45, 2.75) is 26.9 Å². The SMILES string of the molecule is C=C(C)CNCCOC(C)C.